The Morgan fingerprint density at radius 3 is 2.55 bits per heavy atom. The quantitative estimate of drug-likeness (QED) is 0.841. The molecule has 0 spiro atoms. The number of halogens is 1. The number of carbonyl (C=O) groups excluding carboxylic acids is 1. The van der Waals surface area contributed by atoms with Crippen LogP contribution in [-0.4, -0.2) is 5.91 Å². The number of hydrogen-bond acceptors (Lipinski definition) is 2. The molecule has 4 heteroatoms. The molecule has 0 saturated heterocycles. The summed E-state index contributed by atoms with van der Waals surface area (Å²) in [6.07, 6.45) is 0.897. The highest BCUT2D eigenvalue weighted by Crippen LogP contribution is 2.16. The van der Waals surface area contributed by atoms with Crippen LogP contribution in [0, 0.1) is 5.82 Å². The van der Waals surface area contributed by atoms with Gasteiger partial charge in [0, 0.05) is 6.54 Å². The minimum atomic E-state index is -0.577. The second-order valence-electron chi connectivity index (χ2n) is 4.51. The first-order valence-electron chi connectivity index (χ1n) is 6.52. The number of rotatable bonds is 4. The molecule has 1 amide bonds. The third-order valence-corrected chi connectivity index (χ3v) is 3.24. The van der Waals surface area contributed by atoms with Gasteiger partial charge in [-0.3, -0.25) is 4.79 Å². The largest absolute Gasteiger partial charge is 0.396 e. The highest BCUT2D eigenvalue weighted by Gasteiger charge is 2.12. The summed E-state index contributed by atoms with van der Waals surface area (Å²) >= 11 is 0. The molecule has 0 aliphatic heterocycles. The van der Waals surface area contributed by atoms with E-state index < -0.39 is 5.82 Å². The van der Waals surface area contributed by atoms with Gasteiger partial charge < -0.3 is 11.1 Å². The van der Waals surface area contributed by atoms with E-state index in [2.05, 4.69) is 12.2 Å². The lowest BCUT2D eigenvalue weighted by Crippen LogP contribution is -2.24. The summed E-state index contributed by atoms with van der Waals surface area (Å²) in [5.41, 5.74) is 7.86. The summed E-state index contributed by atoms with van der Waals surface area (Å²) in [7, 11) is 0. The summed E-state index contributed by atoms with van der Waals surface area (Å²) in [6, 6.07) is 12.1. The number of nitrogen functional groups attached to an aromatic ring is 1. The van der Waals surface area contributed by atoms with Gasteiger partial charge in [0.2, 0.25) is 0 Å². The summed E-state index contributed by atoms with van der Waals surface area (Å²) in [4.78, 5) is 12.0. The number of amides is 1. The molecule has 104 valence electrons. The monoisotopic (exact) mass is 272 g/mol. The molecule has 20 heavy (non-hydrogen) atoms. The molecule has 0 radical (unpaired) electrons. The van der Waals surface area contributed by atoms with Crippen LogP contribution in [-0.2, 0) is 13.0 Å². The summed E-state index contributed by atoms with van der Waals surface area (Å²) < 4.78 is 13.3. The van der Waals surface area contributed by atoms with Crippen molar-refractivity contribution >= 4 is 11.6 Å². The Morgan fingerprint density at radius 1 is 1.15 bits per heavy atom. The Morgan fingerprint density at radius 2 is 1.85 bits per heavy atom. The van der Waals surface area contributed by atoms with Crippen LogP contribution in [0.25, 0.3) is 0 Å². The highest BCUT2D eigenvalue weighted by atomic mass is 19.1. The van der Waals surface area contributed by atoms with Crippen molar-refractivity contribution in [1.82, 2.24) is 5.32 Å². The molecule has 0 bridgehead atoms. The molecular formula is C16H17FN2O. The lowest BCUT2D eigenvalue weighted by molar-refractivity contribution is 0.0951. The van der Waals surface area contributed by atoms with Crippen LogP contribution in [0.1, 0.15) is 28.4 Å². The third kappa shape index (κ3) is 2.96. The average Bonchev–Trinajstić information content (AvgIpc) is 2.48. The maximum atomic E-state index is 13.3. The van der Waals surface area contributed by atoms with E-state index in [1.54, 1.807) is 0 Å². The Labute approximate surface area is 117 Å². The van der Waals surface area contributed by atoms with Gasteiger partial charge in [0.1, 0.15) is 5.82 Å². The van der Waals surface area contributed by atoms with E-state index in [9.17, 15) is 9.18 Å². The molecule has 0 unspecified atom stereocenters. The summed E-state index contributed by atoms with van der Waals surface area (Å²) in [5, 5.41) is 2.77. The van der Waals surface area contributed by atoms with E-state index >= 15 is 0 Å². The van der Waals surface area contributed by atoms with Gasteiger partial charge in [-0.05, 0) is 29.7 Å². The highest BCUT2D eigenvalue weighted by molar-refractivity contribution is 5.99. The van der Waals surface area contributed by atoms with Gasteiger partial charge >= 0.3 is 0 Å². The van der Waals surface area contributed by atoms with Crippen molar-refractivity contribution in [3.63, 3.8) is 0 Å². The molecule has 0 saturated carbocycles. The molecule has 0 aliphatic carbocycles. The standard InChI is InChI=1S/C16H17FN2O/c1-2-11-6-3-4-7-12(11)10-19-16(20)13-8-5-9-14(17)15(13)18/h3-9H,2,10,18H2,1H3,(H,19,20). The van der Waals surface area contributed by atoms with E-state index in [0.717, 1.165) is 12.0 Å². The van der Waals surface area contributed by atoms with Crippen LogP contribution in [0.2, 0.25) is 0 Å². The zero-order chi connectivity index (χ0) is 14.5. The molecule has 0 heterocycles. The van der Waals surface area contributed by atoms with E-state index in [-0.39, 0.29) is 17.2 Å². The molecule has 3 nitrogen and oxygen atoms in total. The number of benzene rings is 2. The second kappa shape index (κ2) is 6.19. The van der Waals surface area contributed by atoms with Gasteiger partial charge in [-0.1, -0.05) is 37.3 Å². The normalized spacial score (nSPS) is 10.3. The number of nitrogens with one attached hydrogen (secondary N) is 1. The van der Waals surface area contributed by atoms with Crippen LogP contribution >= 0.6 is 0 Å². The second-order valence-corrected chi connectivity index (χ2v) is 4.51. The topological polar surface area (TPSA) is 55.1 Å². The van der Waals surface area contributed by atoms with Gasteiger partial charge in [0.25, 0.3) is 5.91 Å². The number of carbonyl (C=O) groups is 1. The number of para-hydroxylation sites is 1. The number of aryl methyl sites for hydroxylation is 1. The molecule has 3 N–H and O–H groups in total. The maximum Gasteiger partial charge on any atom is 0.253 e. The lowest BCUT2D eigenvalue weighted by Gasteiger charge is -2.10. The first kappa shape index (κ1) is 14.1. The van der Waals surface area contributed by atoms with Gasteiger partial charge in [-0.15, -0.1) is 0 Å². The van der Waals surface area contributed by atoms with Crippen LogP contribution in [0.5, 0.6) is 0 Å². The third-order valence-electron chi connectivity index (χ3n) is 3.24. The Bertz CT molecular complexity index is 626. The van der Waals surface area contributed by atoms with Crippen molar-refractivity contribution in [1.29, 1.82) is 0 Å². The molecule has 2 rings (SSSR count). The number of anilines is 1. The fourth-order valence-electron chi connectivity index (χ4n) is 2.08. The summed E-state index contributed by atoms with van der Waals surface area (Å²) in [5.74, 6) is -0.945. The van der Waals surface area contributed by atoms with Gasteiger partial charge in [0.05, 0.1) is 11.3 Å². The van der Waals surface area contributed by atoms with Crippen LogP contribution < -0.4 is 11.1 Å². The Balaban J connectivity index is 2.11. The van der Waals surface area contributed by atoms with Crippen molar-refractivity contribution < 1.29 is 9.18 Å². The van der Waals surface area contributed by atoms with Gasteiger partial charge in [0.15, 0.2) is 0 Å². The predicted octanol–water partition coefficient (Wildman–Crippen LogP) is 2.90. The molecular weight excluding hydrogens is 255 g/mol. The lowest BCUT2D eigenvalue weighted by atomic mass is 10.1. The Hall–Kier alpha value is -2.36. The van der Waals surface area contributed by atoms with Crippen molar-refractivity contribution in [3.8, 4) is 0 Å². The SMILES string of the molecule is CCc1ccccc1CNC(=O)c1cccc(F)c1N. The van der Waals surface area contributed by atoms with E-state index in [4.69, 9.17) is 5.73 Å². The first-order valence-corrected chi connectivity index (χ1v) is 6.52. The van der Waals surface area contributed by atoms with Crippen molar-refractivity contribution in [2.45, 2.75) is 19.9 Å². The molecule has 0 fully saturated rings. The summed E-state index contributed by atoms with van der Waals surface area (Å²) in [6.45, 7) is 2.46. The molecule has 0 aliphatic rings. The number of nitrogens with two attached hydrogens (primary N) is 1. The average molecular weight is 272 g/mol. The van der Waals surface area contributed by atoms with Crippen molar-refractivity contribution in [2.24, 2.45) is 0 Å². The van der Waals surface area contributed by atoms with E-state index in [1.807, 2.05) is 24.3 Å². The number of hydrogen-bond donors (Lipinski definition) is 2. The fraction of sp³-hybridized carbons (Fsp3) is 0.188. The molecule has 2 aromatic rings. The van der Waals surface area contributed by atoms with Crippen molar-refractivity contribution in [2.75, 3.05) is 5.73 Å². The molecule has 0 aromatic heterocycles. The minimum absolute atomic E-state index is 0.117. The zero-order valence-corrected chi connectivity index (χ0v) is 11.3. The fourth-order valence-corrected chi connectivity index (χ4v) is 2.08. The first-order chi connectivity index (χ1) is 9.63. The molecule has 0 atom stereocenters. The smallest absolute Gasteiger partial charge is 0.253 e. The Kier molecular flexibility index (Phi) is 4.35. The molecule has 2 aromatic carbocycles. The van der Waals surface area contributed by atoms with Gasteiger partial charge in [-0.25, -0.2) is 4.39 Å². The van der Waals surface area contributed by atoms with E-state index in [0.29, 0.717) is 6.54 Å². The van der Waals surface area contributed by atoms with Crippen molar-refractivity contribution in [3.05, 3.63) is 65.0 Å². The van der Waals surface area contributed by atoms with Gasteiger partial charge in [-0.2, -0.15) is 0 Å². The minimum Gasteiger partial charge on any atom is -0.396 e. The van der Waals surface area contributed by atoms with Crippen LogP contribution in [0.4, 0.5) is 10.1 Å². The zero-order valence-electron chi connectivity index (χ0n) is 11.3. The van der Waals surface area contributed by atoms with Crippen LogP contribution in [0.3, 0.4) is 0 Å². The van der Waals surface area contributed by atoms with Crippen LogP contribution in [0.15, 0.2) is 42.5 Å². The van der Waals surface area contributed by atoms with E-state index in [1.165, 1.54) is 23.8 Å². The predicted molar refractivity (Wildman–Crippen MR) is 77.8 cm³/mol. The maximum absolute atomic E-state index is 13.3.